The highest BCUT2D eigenvalue weighted by atomic mass is 35.5. The van der Waals surface area contributed by atoms with Gasteiger partial charge in [0.25, 0.3) is 5.56 Å². The Morgan fingerprint density at radius 3 is 2.45 bits per heavy atom. The van der Waals surface area contributed by atoms with Crippen molar-refractivity contribution in [2.75, 3.05) is 5.75 Å². The number of aliphatic carboxylic acids is 1. The maximum Gasteiger partial charge on any atom is 0.431 e. The van der Waals surface area contributed by atoms with Gasteiger partial charge in [-0.3, -0.25) is 19.1 Å². The number of carboxylic acids is 1. The smallest absolute Gasteiger partial charge is 0.431 e. The van der Waals surface area contributed by atoms with Gasteiger partial charge in [0.2, 0.25) is 5.91 Å². The van der Waals surface area contributed by atoms with Gasteiger partial charge in [-0.25, -0.2) is 23.5 Å². The third-order valence-corrected chi connectivity index (χ3v) is 5.87. The summed E-state index contributed by atoms with van der Waals surface area (Å²) in [5, 5.41) is 8.81. The zero-order chi connectivity index (χ0) is 24.8. The predicted octanol–water partition coefficient (Wildman–Crippen LogP) is 2.38. The van der Waals surface area contributed by atoms with E-state index in [9.17, 15) is 41.8 Å². The van der Waals surface area contributed by atoms with E-state index in [0.29, 0.717) is 6.07 Å². The van der Waals surface area contributed by atoms with E-state index < -0.39 is 52.5 Å². The summed E-state index contributed by atoms with van der Waals surface area (Å²) in [4.78, 5) is 53.1. The SMILES string of the molecule is CC(C(=O)O)N1C(=O)CSC1=Nc1cc(-n2c(=O)cc(C(F)(F)F)n(C)c2=O)c(F)cc1Cl. The highest BCUT2D eigenvalue weighted by Gasteiger charge is 2.37. The molecule has 1 atom stereocenters. The number of nitrogens with zero attached hydrogens (tertiary/aromatic N) is 4. The molecular weight excluding hydrogens is 496 g/mol. The molecule has 1 aliphatic heterocycles. The molecule has 1 aromatic heterocycles. The van der Waals surface area contributed by atoms with Crippen LogP contribution in [-0.4, -0.2) is 48.0 Å². The maximum atomic E-state index is 14.6. The average molecular weight is 509 g/mol. The molecule has 1 N–H and O–H groups in total. The minimum Gasteiger partial charge on any atom is -0.480 e. The molecule has 3 rings (SSSR count). The Morgan fingerprint density at radius 1 is 1.24 bits per heavy atom. The zero-order valence-electron chi connectivity index (χ0n) is 16.7. The van der Waals surface area contributed by atoms with Crippen LogP contribution in [0.5, 0.6) is 0 Å². The summed E-state index contributed by atoms with van der Waals surface area (Å²) in [6, 6.07) is 0.387. The lowest BCUT2D eigenvalue weighted by atomic mass is 10.2. The first-order valence-electron chi connectivity index (χ1n) is 8.90. The van der Waals surface area contributed by atoms with Crippen molar-refractivity contribution in [3.05, 3.63) is 55.6 Å². The zero-order valence-corrected chi connectivity index (χ0v) is 18.3. The highest BCUT2D eigenvalue weighted by Crippen LogP contribution is 2.33. The second kappa shape index (κ2) is 8.67. The summed E-state index contributed by atoms with van der Waals surface area (Å²) in [7, 11) is 0.766. The van der Waals surface area contributed by atoms with E-state index in [2.05, 4.69) is 4.99 Å². The Balaban J connectivity index is 2.20. The number of amides is 1. The minimum atomic E-state index is -5.00. The van der Waals surface area contributed by atoms with Crippen LogP contribution in [0.15, 0.2) is 32.8 Å². The molecule has 0 aliphatic carbocycles. The van der Waals surface area contributed by atoms with Gasteiger partial charge in [-0.1, -0.05) is 23.4 Å². The van der Waals surface area contributed by atoms with Crippen LogP contribution in [0.2, 0.25) is 5.02 Å². The quantitative estimate of drug-likeness (QED) is 0.634. The van der Waals surface area contributed by atoms with E-state index >= 15 is 0 Å². The van der Waals surface area contributed by atoms with Gasteiger partial charge in [0.05, 0.1) is 22.2 Å². The lowest BCUT2D eigenvalue weighted by molar-refractivity contribution is -0.145. The molecule has 1 amide bonds. The molecule has 1 saturated heterocycles. The van der Waals surface area contributed by atoms with Crippen molar-refractivity contribution in [2.24, 2.45) is 12.0 Å². The number of hydrogen-bond acceptors (Lipinski definition) is 6. The van der Waals surface area contributed by atoms with Crippen LogP contribution in [0.1, 0.15) is 12.6 Å². The first kappa shape index (κ1) is 24.5. The highest BCUT2D eigenvalue weighted by molar-refractivity contribution is 8.15. The number of halogens is 5. The lowest BCUT2D eigenvalue weighted by Crippen LogP contribution is -2.42. The van der Waals surface area contributed by atoms with E-state index in [1.807, 2.05) is 0 Å². The molecule has 15 heteroatoms. The molecule has 176 valence electrons. The molecule has 0 radical (unpaired) electrons. The molecule has 0 bridgehead atoms. The minimum absolute atomic E-state index is 0.0815. The summed E-state index contributed by atoms with van der Waals surface area (Å²) in [6.45, 7) is 1.24. The fourth-order valence-corrected chi connectivity index (χ4v) is 4.10. The number of hydrogen-bond donors (Lipinski definition) is 1. The second-order valence-electron chi connectivity index (χ2n) is 6.76. The molecule has 9 nitrogen and oxygen atoms in total. The molecule has 1 aromatic carbocycles. The van der Waals surface area contributed by atoms with Crippen molar-refractivity contribution in [2.45, 2.75) is 19.1 Å². The Kier molecular flexibility index (Phi) is 6.44. The van der Waals surface area contributed by atoms with Crippen LogP contribution >= 0.6 is 23.4 Å². The number of amidine groups is 1. The Hall–Kier alpha value is -3.13. The molecule has 1 unspecified atom stereocenters. The van der Waals surface area contributed by atoms with Gasteiger partial charge < -0.3 is 5.11 Å². The van der Waals surface area contributed by atoms with Gasteiger partial charge >= 0.3 is 17.8 Å². The van der Waals surface area contributed by atoms with Gasteiger partial charge in [-0.05, 0) is 19.1 Å². The average Bonchev–Trinajstić information content (AvgIpc) is 3.06. The van der Waals surface area contributed by atoms with E-state index in [4.69, 9.17) is 11.6 Å². The number of carbonyl (C=O) groups excluding carboxylic acids is 1. The van der Waals surface area contributed by atoms with Crippen LogP contribution < -0.4 is 11.2 Å². The fraction of sp³-hybridized carbons (Fsp3) is 0.278. The van der Waals surface area contributed by atoms with Crippen molar-refractivity contribution >= 4 is 46.1 Å². The van der Waals surface area contributed by atoms with Crippen LogP contribution in [0.4, 0.5) is 23.2 Å². The first-order valence-corrected chi connectivity index (χ1v) is 10.3. The van der Waals surface area contributed by atoms with Gasteiger partial charge in [-0.15, -0.1) is 0 Å². The second-order valence-corrected chi connectivity index (χ2v) is 8.11. The van der Waals surface area contributed by atoms with Crippen LogP contribution in [0, 0.1) is 5.82 Å². The Morgan fingerprint density at radius 2 is 1.88 bits per heavy atom. The molecule has 0 spiro atoms. The van der Waals surface area contributed by atoms with E-state index in [-0.39, 0.29) is 36.8 Å². The standard InChI is InChI=1S/C18H13ClF4N4O5S/c1-7(15(30)31)26-14(29)6-33-16(26)24-10-4-11(9(20)3-8(10)19)27-13(28)5-12(18(21,22)23)25(2)17(27)32/h3-5,7H,6H2,1-2H3,(H,30,31). The molecule has 2 aromatic rings. The predicted molar refractivity (Wildman–Crippen MR) is 111 cm³/mol. The molecule has 1 aliphatic rings. The number of aliphatic imine (C=N–C) groups is 1. The topological polar surface area (TPSA) is 114 Å². The van der Waals surface area contributed by atoms with Crippen molar-refractivity contribution in [1.29, 1.82) is 0 Å². The Bertz CT molecular complexity index is 1320. The van der Waals surface area contributed by atoms with E-state index in [1.165, 1.54) is 6.92 Å². The van der Waals surface area contributed by atoms with Crippen molar-refractivity contribution in [1.82, 2.24) is 14.0 Å². The van der Waals surface area contributed by atoms with Crippen molar-refractivity contribution in [3.63, 3.8) is 0 Å². The fourth-order valence-electron chi connectivity index (χ4n) is 2.96. The summed E-state index contributed by atoms with van der Waals surface area (Å²) < 4.78 is 54.1. The van der Waals surface area contributed by atoms with E-state index in [0.717, 1.165) is 29.8 Å². The van der Waals surface area contributed by atoms with Gasteiger partial charge in [0.15, 0.2) is 5.17 Å². The number of aromatic nitrogens is 2. The first-order chi connectivity index (χ1) is 15.2. The summed E-state index contributed by atoms with van der Waals surface area (Å²) in [5.41, 5.74) is -5.42. The molecule has 2 heterocycles. The summed E-state index contributed by atoms with van der Waals surface area (Å²) in [5.74, 6) is -3.20. The van der Waals surface area contributed by atoms with Crippen molar-refractivity contribution in [3.8, 4) is 5.69 Å². The van der Waals surface area contributed by atoms with Gasteiger partial charge in [-0.2, -0.15) is 13.2 Å². The normalized spacial score (nSPS) is 16.5. The van der Waals surface area contributed by atoms with Crippen molar-refractivity contribution < 1.29 is 32.3 Å². The lowest BCUT2D eigenvalue weighted by Gasteiger charge is -2.20. The molecular formula is C18H13ClF4N4O5S. The molecule has 33 heavy (non-hydrogen) atoms. The number of benzene rings is 1. The third kappa shape index (κ3) is 4.53. The van der Waals surface area contributed by atoms with Crippen LogP contribution in [-0.2, 0) is 22.8 Å². The number of carbonyl (C=O) groups is 2. The van der Waals surface area contributed by atoms with Crippen LogP contribution in [0.25, 0.3) is 5.69 Å². The van der Waals surface area contributed by atoms with E-state index in [1.54, 1.807) is 0 Å². The maximum absolute atomic E-state index is 14.6. The van der Waals surface area contributed by atoms with Gasteiger partial charge in [0.1, 0.15) is 17.6 Å². The van der Waals surface area contributed by atoms with Gasteiger partial charge in [0, 0.05) is 13.1 Å². The number of alkyl halides is 3. The number of thioether (sulfide) groups is 1. The Labute approximate surface area is 190 Å². The monoisotopic (exact) mass is 508 g/mol. The number of rotatable bonds is 4. The largest absolute Gasteiger partial charge is 0.480 e. The summed E-state index contributed by atoms with van der Waals surface area (Å²) in [6.07, 6.45) is -5.00. The molecule has 0 saturated carbocycles. The molecule has 1 fully saturated rings. The number of carboxylic acid groups (broad SMARTS) is 1. The third-order valence-electron chi connectivity index (χ3n) is 4.63. The summed E-state index contributed by atoms with van der Waals surface area (Å²) >= 11 is 6.87. The van der Waals surface area contributed by atoms with Crippen LogP contribution in [0.3, 0.4) is 0 Å².